The van der Waals surface area contributed by atoms with Crippen molar-refractivity contribution < 1.29 is 4.74 Å². The van der Waals surface area contributed by atoms with Crippen LogP contribution in [-0.2, 0) is 11.3 Å². The lowest BCUT2D eigenvalue weighted by atomic mass is 10.1. The molecule has 21 heavy (non-hydrogen) atoms. The summed E-state index contributed by atoms with van der Waals surface area (Å²) in [7, 11) is 1.74. The predicted molar refractivity (Wildman–Crippen MR) is 92.4 cm³/mol. The number of nitrogens with zero attached hydrogens (tertiary/aromatic N) is 1. The first-order valence-electron chi connectivity index (χ1n) is 7.69. The van der Waals surface area contributed by atoms with Crippen LogP contribution < -0.4 is 10.2 Å². The van der Waals surface area contributed by atoms with E-state index >= 15 is 0 Å². The Hall–Kier alpha value is -0.770. The SMILES string of the molecule is COCCN(CC(C)C)c1ccc(CNC(C)C)c(Cl)c1. The monoisotopic (exact) mass is 312 g/mol. The summed E-state index contributed by atoms with van der Waals surface area (Å²) in [6, 6.07) is 6.80. The maximum Gasteiger partial charge on any atom is 0.0637 e. The van der Waals surface area contributed by atoms with Crippen molar-refractivity contribution in [3.63, 3.8) is 0 Å². The van der Waals surface area contributed by atoms with Gasteiger partial charge in [-0.1, -0.05) is 45.4 Å². The van der Waals surface area contributed by atoms with Crippen LogP contribution in [0.4, 0.5) is 5.69 Å². The van der Waals surface area contributed by atoms with E-state index in [4.69, 9.17) is 16.3 Å². The number of ether oxygens (including phenoxy) is 1. The highest BCUT2D eigenvalue weighted by Crippen LogP contribution is 2.24. The average molecular weight is 313 g/mol. The molecule has 0 aliphatic carbocycles. The number of benzene rings is 1. The molecular formula is C17H29ClN2O. The maximum absolute atomic E-state index is 6.43. The fraction of sp³-hybridized carbons (Fsp3) is 0.647. The van der Waals surface area contributed by atoms with Gasteiger partial charge < -0.3 is 15.0 Å². The van der Waals surface area contributed by atoms with E-state index in [9.17, 15) is 0 Å². The van der Waals surface area contributed by atoms with Gasteiger partial charge in [-0.05, 0) is 23.6 Å². The second kappa shape index (κ2) is 9.29. The highest BCUT2D eigenvalue weighted by Gasteiger charge is 2.11. The van der Waals surface area contributed by atoms with Gasteiger partial charge in [0.1, 0.15) is 0 Å². The molecule has 4 heteroatoms. The Balaban J connectivity index is 2.81. The first-order valence-corrected chi connectivity index (χ1v) is 8.07. The third-order valence-corrected chi connectivity index (χ3v) is 3.61. The summed E-state index contributed by atoms with van der Waals surface area (Å²) in [5.74, 6) is 0.600. The van der Waals surface area contributed by atoms with Crippen LogP contribution in [-0.4, -0.2) is 32.8 Å². The van der Waals surface area contributed by atoms with Crippen LogP contribution in [0.15, 0.2) is 18.2 Å². The van der Waals surface area contributed by atoms with E-state index in [1.807, 2.05) is 0 Å². The van der Waals surface area contributed by atoms with Crippen molar-refractivity contribution in [2.45, 2.75) is 40.3 Å². The van der Waals surface area contributed by atoms with E-state index in [1.54, 1.807) is 7.11 Å². The molecule has 1 aromatic carbocycles. The molecule has 0 unspecified atom stereocenters. The number of methoxy groups -OCH3 is 1. The lowest BCUT2D eigenvalue weighted by molar-refractivity contribution is 0.204. The van der Waals surface area contributed by atoms with E-state index in [-0.39, 0.29) is 0 Å². The van der Waals surface area contributed by atoms with Crippen molar-refractivity contribution in [3.8, 4) is 0 Å². The molecular weight excluding hydrogens is 284 g/mol. The second-order valence-corrected chi connectivity index (χ2v) is 6.55. The van der Waals surface area contributed by atoms with Crippen molar-refractivity contribution in [1.29, 1.82) is 0 Å². The Bertz CT molecular complexity index is 421. The highest BCUT2D eigenvalue weighted by atomic mass is 35.5. The minimum absolute atomic E-state index is 0.458. The smallest absolute Gasteiger partial charge is 0.0637 e. The number of anilines is 1. The summed E-state index contributed by atoms with van der Waals surface area (Å²) < 4.78 is 5.21. The summed E-state index contributed by atoms with van der Waals surface area (Å²) in [6.45, 7) is 12.1. The normalized spacial score (nSPS) is 11.4. The molecule has 1 rings (SSSR count). The fourth-order valence-electron chi connectivity index (χ4n) is 2.16. The Morgan fingerprint density at radius 1 is 1.24 bits per heavy atom. The van der Waals surface area contributed by atoms with Crippen molar-refractivity contribution in [3.05, 3.63) is 28.8 Å². The summed E-state index contributed by atoms with van der Waals surface area (Å²) >= 11 is 6.43. The molecule has 3 nitrogen and oxygen atoms in total. The second-order valence-electron chi connectivity index (χ2n) is 6.14. The number of halogens is 1. The van der Waals surface area contributed by atoms with Gasteiger partial charge in [0.2, 0.25) is 0 Å². The van der Waals surface area contributed by atoms with Gasteiger partial charge in [0.25, 0.3) is 0 Å². The molecule has 0 spiro atoms. The van der Waals surface area contributed by atoms with Gasteiger partial charge in [0.05, 0.1) is 6.61 Å². The maximum atomic E-state index is 6.43. The number of rotatable bonds is 9. The zero-order valence-corrected chi connectivity index (χ0v) is 14.7. The molecule has 0 aliphatic heterocycles. The molecule has 1 N–H and O–H groups in total. The van der Waals surface area contributed by atoms with E-state index in [2.05, 4.69) is 56.1 Å². The fourth-order valence-corrected chi connectivity index (χ4v) is 2.40. The third-order valence-electron chi connectivity index (χ3n) is 3.25. The van der Waals surface area contributed by atoms with Crippen molar-refractivity contribution in [2.24, 2.45) is 5.92 Å². The minimum atomic E-state index is 0.458. The summed E-state index contributed by atoms with van der Waals surface area (Å²) in [5, 5.41) is 4.23. The Kier molecular flexibility index (Phi) is 8.09. The van der Waals surface area contributed by atoms with Crippen LogP contribution in [0.1, 0.15) is 33.3 Å². The van der Waals surface area contributed by atoms with Crippen molar-refractivity contribution in [2.75, 3.05) is 31.7 Å². The molecule has 0 fully saturated rings. The Labute approximate surface area is 134 Å². The van der Waals surface area contributed by atoms with Crippen LogP contribution >= 0.6 is 11.6 Å². The van der Waals surface area contributed by atoms with Crippen LogP contribution in [0.3, 0.4) is 0 Å². The molecule has 0 saturated heterocycles. The number of nitrogens with one attached hydrogen (secondary N) is 1. The predicted octanol–water partition coefficient (Wildman–Crippen LogP) is 3.95. The Morgan fingerprint density at radius 3 is 2.48 bits per heavy atom. The van der Waals surface area contributed by atoms with Gasteiger partial charge in [-0.3, -0.25) is 0 Å². The van der Waals surface area contributed by atoms with Crippen LogP contribution in [0.5, 0.6) is 0 Å². The van der Waals surface area contributed by atoms with Crippen molar-refractivity contribution in [1.82, 2.24) is 5.32 Å². The molecule has 0 aliphatic rings. The summed E-state index contributed by atoms with van der Waals surface area (Å²) in [4.78, 5) is 2.33. The average Bonchev–Trinajstić information content (AvgIpc) is 2.41. The molecule has 0 radical (unpaired) electrons. The lowest BCUT2D eigenvalue weighted by Gasteiger charge is -2.27. The first-order chi connectivity index (χ1) is 9.93. The highest BCUT2D eigenvalue weighted by molar-refractivity contribution is 6.31. The third kappa shape index (κ3) is 6.68. The molecule has 0 saturated carbocycles. The van der Waals surface area contributed by atoms with Gasteiger partial charge in [-0.2, -0.15) is 0 Å². The van der Waals surface area contributed by atoms with Crippen molar-refractivity contribution >= 4 is 17.3 Å². The zero-order chi connectivity index (χ0) is 15.8. The molecule has 1 aromatic rings. The minimum Gasteiger partial charge on any atom is -0.383 e. The van der Waals surface area contributed by atoms with E-state index in [0.717, 1.165) is 36.8 Å². The van der Waals surface area contributed by atoms with E-state index < -0.39 is 0 Å². The number of hydrogen-bond donors (Lipinski definition) is 1. The molecule has 120 valence electrons. The first kappa shape index (κ1) is 18.3. The molecule has 0 heterocycles. The largest absolute Gasteiger partial charge is 0.383 e. The van der Waals surface area contributed by atoms with E-state index in [0.29, 0.717) is 12.0 Å². The molecule has 0 bridgehead atoms. The standard InChI is InChI=1S/C17H29ClN2O/c1-13(2)12-20(8-9-21-5)16-7-6-15(17(18)10-16)11-19-14(3)4/h6-7,10,13-14,19H,8-9,11-12H2,1-5H3. The van der Waals surface area contributed by atoms with Gasteiger partial charge in [-0.25, -0.2) is 0 Å². The summed E-state index contributed by atoms with van der Waals surface area (Å²) in [6.07, 6.45) is 0. The van der Waals surface area contributed by atoms with Gasteiger partial charge in [0.15, 0.2) is 0 Å². The molecule has 0 aromatic heterocycles. The molecule has 0 amide bonds. The summed E-state index contributed by atoms with van der Waals surface area (Å²) in [5.41, 5.74) is 2.31. The van der Waals surface area contributed by atoms with Crippen LogP contribution in [0, 0.1) is 5.92 Å². The quantitative estimate of drug-likeness (QED) is 0.747. The van der Waals surface area contributed by atoms with Gasteiger partial charge in [0, 0.05) is 43.5 Å². The Morgan fingerprint density at radius 2 is 1.95 bits per heavy atom. The zero-order valence-electron chi connectivity index (χ0n) is 13.9. The van der Waals surface area contributed by atoms with Gasteiger partial charge >= 0.3 is 0 Å². The lowest BCUT2D eigenvalue weighted by Crippen LogP contribution is -2.31. The molecule has 0 atom stereocenters. The topological polar surface area (TPSA) is 24.5 Å². The van der Waals surface area contributed by atoms with Gasteiger partial charge in [-0.15, -0.1) is 0 Å². The van der Waals surface area contributed by atoms with E-state index in [1.165, 1.54) is 5.69 Å². The van der Waals surface area contributed by atoms with Crippen LogP contribution in [0.2, 0.25) is 5.02 Å². The number of hydrogen-bond acceptors (Lipinski definition) is 3. The van der Waals surface area contributed by atoms with Crippen LogP contribution in [0.25, 0.3) is 0 Å².